The van der Waals surface area contributed by atoms with Gasteiger partial charge in [0.15, 0.2) is 12.6 Å². The Morgan fingerprint density at radius 1 is 1.04 bits per heavy atom. The van der Waals surface area contributed by atoms with Crippen molar-refractivity contribution in [3.05, 3.63) is 11.3 Å². The van der Waals surface area contributed by atoms with Crippen molar-refractivity contribution in [2.24, 2.45) is 17.8 Å². The van der Waals surface area contributed by atoms with E-state index in [0.717, 1.165) is 31.5 Å². The molecule has 0 amide bonds. The molecule has 5 aliphatic rings. The summed E-state index contributed by atoms with van der Waals surface area (Å²) in [5.41, 5.74) is -2.92. The van der Waals surface area contributed by atoms with Crippen LogP contribution >= 0.6 is 0 Å². The Kier molecular flexibility index (Phi) is 12.8. The molecule has 0 saturated carbocycles. The van der Waals surface area contributed by atoms with E-state index in [1.165, 1.54) is 14.0 Å². The number of carbonyl (C=O) groups is 1. The largest absolute Gasteiger partial charge is 0.488 e. The van der Waals surface area contributed by atoms with Crippen LogP contribution in [-0.2, 0) is 38.0 Å². The van der Waals surface area contributed by atoms with Gasteiger partial charge >= 0.3 is 5.97 Å². The van der Waals surface area contributed by atoms with Gasteiger partial charge in [0.25, 0.3) is 0 Å². The fourth-order valence-corrected chi connectivity index (χ4v) is 9.65. The second-order valence-electron chi connectivity index (χ2n) is 17.1. The van der Waals surface area contributed by atoms with E-state index in [1.807, 2.05) is 34.6 Å². The van der Waals surface area contributed by atoms with Gasteiger partial charge in [-0.1, -0.05) is 20.8 Å². The van der Waals surface area contributed by atoms with Crippen molar-refractivity contribution in [1.29, 1.82) is 0 Å². The molecule has 4 N–H and O–H groups in total. The average Bonchev–Trinajstić information content (AvgIpc) is 3.74. The maximum absolute atomic E-state index is 14.3. The molecule has 52 heavy (non-hydrogen) atoms. The Bertz CT molecular complexity index is 1270. The van der Waals surface area contributed by atoms with Gasteiger partial charge in [0.05, 0.1) is 41.9 Å². The molecule has 4 fully saturated rings. The van der Waals surface area contributed by atoms with Crippen LogP contribution < -0.4 is 0 Å². The van der Waals surface area contributed by atoms with E-state index in [2.05, 4.69) is 4.90 Å². The topological polar surface area (TPSA) is 166 Å². The predicted molar refractivity (Wildman–Crippen MR) is 191 cm³/mol. The summed E-state index contributed by atoms with van der Waals surface area (Å²) in [4.78, 5) is 16.7. The van der Waals surface area contributed by atoms with E-state index >= 15 is 0 Å². The standard InChI is InChI=1S/C39H67NO12/c1-12-27(41)39(10,45)34-22(4)30-20(2)18-38(9,52-30)33(51-36-29(42)26(17-21(3)47-36)40-15-13-14-16-40)23(5)31(24(6)35(44)50-34)49-28-19-37(8,46-11)32(43)25(7)48-28/h21-29,31-34,36,41-43,45H,12-19H2,1-11H3/t21?,22-,23-,24+,25?,26?,27+,28-,29?,31-,32-,33+,34+,36-,37?,38?,39+/m0/s1. The summed E-state index contributed by atoms with van der Waals surface area (Å²) < 4.78 is 45.2. The number of methoxy groups -OCH3 is 1. The minimum absolute atomic E-state index is 0.133. The molecule has 4 saturated heterocycles. The first kappa shape index (κ1) is 41.8. The number of ether oxygens (including phenoxy) is 7. The molecule has 13 nitrogen and oxygen atoms in total. The lowest BCUT2D eigenvalue weighted by atomic mass is 9.78. The van der Waals surface area contributed by atoms with Gasteiger partial charge in [-0.15, -0.1) is 0 Å². The highest BCUT2D eigenvalue weighted by Crippen LogP contribution is 2.48. The zero-order valence-electron chi connectivity index (χ0n) is 33.2. The molecule has 5 aliphatic heterocycles. The number of carbonyl (C=O) groups excluding carboxylic acids is 1. The SMILES string of the molecule is CC[C@@H](O)[C@@](C)(O)[C@@H]1OC(=O)[C@H](C)[C@@H](O[C@H]2CC(C)(OC)[C@@H](O)C(C)O2)[C@H](C)[C@@H](O[C@@H]2OC(C)CC(N3CCCC3)C2O)C2(C)CC(C)=C(O2)[C@@H]1C. The number of likely N-dealkylation sites (tertiary alicyclic amines) is 1. The monoisotopic (exact) mass is 741 g/mol. The fourth-order valence-electron chi connectivity index (χ4n) is 9.65. The highest BCUT2D eigenvalue weighted by Gasteiger charge is 2.57. The summed E-state index contributed by atoms with van der Waals surface area (Å²) in [6.45, 7) is 20.0. The number of cyclic esters (lactones) is 1. The van der Waals surface area contributed by atoms with Gasteiger partial charge in [-0.3, -0.25) is 9.69 Å². The number of hydrogen-bond acceptors (Lipinski definition) is 13. The van der Waals surface area contributed by atoms with Crippen molar-refractivity contribution in [1.82, 2.24) is 4.90 Å². The summed E-state index contributed by atoms with van der Waals surface area (Å²) in [5.74, 6) is -2.21. The van der Waals surface area contributed by atoms with E-state index in [1.54, 1.807) is 27.7 Å². The summed E-state index contributed by atoms with van der Waals surface area (Å²) >= 11 is 0. The third kappa shape index (κ3) is 7.97. The smallest absolute Gasteiger partial charge is 0.311 e. The van der Waals surface area contributed by atoms with Crippen molar-refractivity contribution in [3.8, 4) is 0 Å². The average molecular weight is 742 g/mol. The number of fused-ring (bicyclic) bond motifs is 2. The molecule has 300 valence electrons. The first-order valence-corrected chi connectivity index (χ1v) is 19.5. The van der Waals surface area contributed by atoms with Crippen molar-refractivity contribution in [3.63, 3.8) is 0 Å². The van der Waals surface area contributed by atoms with Crippen molar-refractivity contribution < 1.29 is 58.4 Å². The molecule has 6 unspecified atom stereocenters. The van der Waals surface area contributed by atoms with E-state index in [4.69, 9.17) is 33.2 Å². The van der Waals surface area contributed by atoms with Gasteiger partial charge in [-0.25, -0.2) is 0 Å². The lowest BCUT2D eigenvalue weighted by Gasteiger charge is -2.48. The van der Waals surface area contributed by atoms with Crippen LogP contribution in [0.2, 0.25) is 0 Å². The van der Waals surface area contributed by atoms with Crippen molar-refractivity contribution >= 4 is 5.97 Å². The Labute approximate surface area is 310 Å². The Balaban J connectivity index is 1.57. The normalized spacial score (nSPS) is 47.0. The molecule has 5 heterocycles. The molecule has 5 rings (SSSR count). The van der Waals surface area contributed by atoms with Crippen LogP contribution in [0, 0.1) is 17.8 Å². The number of aliphatic hydroxyl groups excluding tert-OH is 3. The van der Waals surface area contributed by atoms with Crippen molar-refractivity contribution in [2.75, 3.05) is 20.2 Å². The number of rotatable bonds is 9. The first-order chi connectivity index (χ1) is 24.3. The van der Waals surface area contributed by atoms with E-state index in [9.17, 15) is 25.2 Å². The summed E-state index contributed by atoms with van der Waals surface area (Å²) in [7, 11) is 1.53. The third-order valence-electron chi connectivity index (χ3n) is 12.9. The molecule has 0 aromatic rings. The zero-order valence-corrected chi connectivity index (χ0v) is 33.2. The van der Waals surface area contributed by atoms with Gasteiger partial charge in [0.1, 0.15) is 41.4 Å². The van der Waals surface area contributed by atoms with E-state index in [0.29, 0.717) is 18.6 Å². The Morgan fingerprint density at radius 3 is 2.31 bits per heavy atom. The lowest BCUT2D eigenvalue weighted by molar-refractivity contribution is -0.316. The zero-order chi connectivity index (χ0) is 38.5. The maximum Gasteiger partial charge on any atom is 0.311 e. The molecule has 0 radical (unpaired) electrons. The van der Waals surface area contributed by atoms with Gasteiger partial charge < -0.3 is 53.6 Å². The Hall–Kier alpha value is -1.39. The number of esters is 1. The molecule has 13 heteroatoms. The second-order valence-corrected chi connectivity index (χ2v) is 17.1. The molecule has 17 atom stereocenters. The molecule has 0 aliphatic carbocycles. The quantitative estimate of drug-likeness (QED) is 0.254. The second kappa shape index (κ2) is 16.0. The summed E-state index contributed by atoms with van der Waals surface area (Å²) in [6, 6.07) is -0.133. The van der Waals surface area contributed by atoms with E-state index in [-0.39, 0.29) is 25.0 Å². The molecular weight excluding hydrogens is 674 g/mol. The van der Waals surface area contributed by atoms with Gasteiger partial charge in [-0.05, 0) is 92.8 Å². The fraction of sp³-hybridized carbons (Fsp3) is 0.923. The number of hydrogen-bond donors (Lipinski definition) is 4. The number of nitrogens with zero attached hydrogens (tertiary/aromatic N) is 1. The van der Waals surface area contributed by atoms with Crippen LogP contribution in [0.5, 0.6) is 0 Å². The minimum atomic E-state index is -1.82. The van der Waals surface area contributed by atoms with Crippen LogP contribution in [0.15, 0.2) is 11.3 Å². The van der Waals surface area contributed by atoms with Crippen LogP contribution in [0.1, 0.15) is 108 Å². The molecular formula is C39H67NO12. The highest BCUT2D eigenvalue weighted by molar-refractivity contribution is 5.73. The van der Waals surface area contributed by atoms with Crippen LogP contribution in [0.4, 0.5) is 0 Å². The lowest BCUT2D eigenvalue weighted by Crippen LogP contribution is -2.60. The first-order valence-electron chi connectivity index (χ1n) is 19.5. The van der Waals surface area contributed by atoms with Crippen LogP contribution in [0.3, 0.4) is 0 Å². The van der Waals surface area contributed by atoms with Gasteiger partial charge in [0.2, 0.25) is 0 Å². The maximum atomic E-state index is 14.3. The third-order valence-corrected chi connectivity index (χ3v) is 12.9. The highest BCUT2D eigenvalue weighted by atomic mass is 16.7. The Morgan fingerprint density at radius 2 is 1.69 bits per heavy atom. The molecule has 0 spiro atoms. The van der Waals surface area contributed by atoms with E-state index < -0.39 is 95.8 Å². The molecule has 0 aromatic heterocycles. The number of aliphatic hydroxyl groups is 4. The molecule has 0 aromatic carbocycles. The van der Waals surface area contributed by atoms with Crippen LogP contribution in [0.25, 0.3) is 0 Å². The van der Waals surface area contributed by atoms with Gasteiger partial charge in [0, 0.05) is 31.9 Å². The van der Waals surface area contributed by atoms with Crippen LogP contribution in [-0.4, -0.2) is 136 Å². The minimum Gasteiger partial charge on any atom is -0.488 e. The predicted octanol–water partition coefficient (Wildman–Crippen LogP) is 3.43. The van der Waals surface area contributed by atoms with Crippen molar-refractivity contribution in [2.45, 2.75) is 192 Å². The molecule has 2 bridgehead atoms. The van der Waals surface area contributed by atoms with Gasteiger partial charge in [-0.2, -0.15) is 0 Å². The summed E-state index contributed by atoms with van der Waals surface area (Å²) in [5, 5.41) is 45.6. The summed E-state index contributed by atoms with van der Waals surface area (Å²) in [6.07, 6.45) is -4.84.